The first-order chi connectivity index (χ1) is 18.8. The minimum atomic E-state index is -0.957. The van der Waals surface area contributed by atoms with Gasteiger partial charge in [-0.05, 0) is 74.4 Å². The van der Waals surface area contributed by atoms with Gasteiger partial charge in [-0.1, -0.05) is 24.3 Å². The summed E-state index contributed by atoms with van der Waals surface area (Å²) in [6, 6.07) is 13.3. The number of hydrazone groups is 1. The van der Waals surface area contributed by atoms with E-state index in [0.717, 1.165) is 47.3 Å². The largest absolute Gasteiger partial charge is 0.493 e. The Morgan fingerprint density at radius 2 is 1.77 bits per heavy atom. The number of esters is 1. The molecular formula is C29H31N3O6S. The zero-order valence-electron chi connectivity index (χ0n) is 22.4. The highest BCUT2D eigenvalue weighted by atomic mass is 32.1. The molecule has 0 aliphatic heterocycles. The van der Waals surface area contributed by atoms with E-state index in [0.29, 0.717) is 39.9 Å². The highest BCUT2D eigenvalue weighted by Gasteiger charge is 2.28. The molecule has 0 unspecified atom stereocenters. The van der Waals surface area contributed by atoms with Gasteiger partial charge < -0.3 is 19.5 Å². The molecule has 2 aromatic carbocycles. The molecule has 4 rings (SSSR count). The van der Waals surface area contributed by atoms with Crippen LogP contribution in [0.2, 0.25) is 0 Å². The summed E-state index contributed by atoms with van der Waals surface area (Å²) in [5.74, 6) is -1.33. The standard InChI is InChI=1S/C29H31N3O6S/c1-17-9-5-6-10-20(17)16-38-22-14-13-19(15-23(22)36-3)18(2)31-32-27(34)26(33)30-28-25(29(35)37-4)21-11-7-8-12-24(21)39-28/h5-6,9-10,13-15H,7-8,11-12,16H2,1-4H3,(H,30,33)(H,32,34)/b31-18+. The maximum absolute atomic E-state index is 12.6. The highest BCUT2D eigenvalue weighted by molar-refractivity contribution is 7.17. The summed E-state index contributed by atoms with van der Waals surface area (Å²) in [7, 11) is 2.84. The first-order valence-electron chi connectivity index (χ1n) is 12.6. The van der Waals surface area contributed by atoms with Gasteiger partial charge in [0.1, 0.15) is 11.6 Å². The third-order valence-corrected chi connectivity index (χ3v) is 7.75. The second-order valence-corrected chi connectivity index (χ2v) is 10.2. The molecule has 1 aliphatic carbocycles. The SMILES string of the molecule is COC(=O)c1c(NC(=O)C(=O)N/N=C(\C)c2ccc(OCc3ccccc3C)c(OC)c2)sc2c1CCCC2. The number of methoxy groups -OCH3 is 2. The molecule has 9 nitrogen and oxygen atoms in total. The Hall–Kier alpha value is -4.18. The van der Waals surface area contributed by atoms with Crippen LogP contribution in [0, 0.1) is 6.92 Å². The third kappa shape index (κ3) is 6.46. The van der Waals surface area contributed by atoms with E-state index in [1.54, 1.807) is 32.2 Å². The molecule has 0 fully saturated rings. The topological polar surface area (TPSA) is 115 Å². The predicted molar refractivity (Wildman–Crippen MR) is 150 cm³/mol. The lowest BCUT2D eigenvalue weighted by Gasteiger charge is -2.13. The molecule has 10 heteroatoms. The second-order valence-electron chi connectivity index (χ2n) is 9.08. The van der Waals surface area contributed by atoms with E-state index < -0.39 is 17.8 Å². The van der Waals surface area contributed by atoms with Crippen LogP contribution < -0.4 is 20.2 Å². The van der Waals surface area contributed by atoms with Crippen molar-refractivity contribution in [2.45, 2.75) is 46.1 Å². The minimum Gasteiger partial charge on any atom is -0.493 e. The number of fused-ring (bicyclic) bond motifs is 1. The van der Waals surface area contributed by atoms with Crippen LogP contribution in [0.25, 0.3) is 0 Å². The first-order valence-corrected chi connectivity index (χ1v) is 13.4. The zero-order chi connectivity index (χ0) is 27.9. The highest BCUT2D eigenvalue weighted by Crippen LogP contribution is 2.38. The Labute approximate surface area is 231 Å². The molecule has 0 saturated heterocycles. The quantitative estimate of drug-likeness (QED) is 0.181. The fourth-order valence-corrected chi connectivity index (χ4v) is 5.59. The number of carbonyl (C=O) groups is 3. The van der Waals surface area contributed by atoms with Gasteiger partial charge in [-0.2, -0.15) is 5.10 Å². The molecule has 3 aromatic rings. The molecule has 0 radical (unpaired) electrons. The zero-order valence-corrected chi connectivity index (χ0v) is 23.2. The van der Waals surface area contributed by atoms with E-state index in [-0.39, 0.29) is 0 Å². The summed E-state index contributed by atoms with van der Waals surface area (Å²) in [5, 5.41) is 6.96. The van der Waals surface area contributed by atoms with Crippen LogP contribution in [0.1, 0.15) is 57.3 Å². The van der Waals surface area contributed by atoms with Gasteiger partial charge in [-0.3, -0.25) is 9.59 Å². The van der Waals surface area contributed by atoms with Crippen LogP contribution in [0.4, 0.5) is 5.00 Å². The number of benzene rings is 2. The Morgan fingerprint density at radius 1 is 1.00 bits per heavy atom. The number of rotatable bonds is 8. The number of hydrogen-bond acceptors (Lipinski definition) is 8. The molecule has 2 amide bonds. The number of amides is 2. The minimum absolute atomic E-state index is 0.320. The summed E-state index contributed by atoms with van der Waals surface area (Å²) < 4.78 is 16.4. The third-order valence-electron chi connectivity index (χ3n) is 6.55. The van der Waals surface area contributed by atoms with Crippen molar-refractivity contribution < 1.29 is 28.6 Å². The fraction of sp³-hybridized carbons (Fsp3) is 0.310. The Balaban J connectivity index is 1.41. The second kappa shape index (κ2) is 12.6. The van der Waals surface area contributed by atoms with Crippen LogP contribution in [0.5, 0.6) is 11.5 Å². The van der Waals surface area contributed by atoms with Crippen molar-refractivity contribution >= 4 is 39.8 Å². The molecule has 1 aromatic heterocycles. The van der Waals surface area contributed by atoms with E-state index >= 15 is 0 Å². The smallest absolute Gasteiger partial charge is 0.341 e. The lowest BCUT2D eigenvalue weighted by atomic mass is 9.95. The van der Waals surface area contributed by atoms with Crippen LogP contribution in [0.3, 0.4) is 0 Å². The predicted octanol–water partition coefficient (Wildman–Crippen LogP) is 4.79. The number of thiophene rings is 1. The van der Waals surface area contributed by atoms with Crippen LogP contribution in [-0.2, 0) is 33.8 Å². The van der Waals surface area contributed by atoms with Gasteiger partial charge in [-0.15, -0.1) is 11.3 Å². The lowest BCUT2D eigenvalue weighted by Crippen LogP contribution is -2.33. The van der Waals surface area contributed by atoms with Crippen LogP contribution in [-0.4, -0.2) is 37.7 Å². The van der Waals surface area contributed by atoms with E-state index in [9.17, 15) is 14.4 Å². The van der Waals surface area contributed by atoms with Gasteiger partial charge in [0.25, 0.3) is 0 Å². The van der Waals surface area contributed by atoms with Crippen molar-refractivity contribution in [1.82, 2.24) is 5.43 Å². The molecule has 39 heavy (non-hydrogen) atoms. The van der Waals surface area contributed by atoms with Crippen molar-refractivity contribution in [3.05, 3.63) is 75.2 Å². The summed E-state index contributed by atoms with van der Waals surface area (Å²) in [6.45, 7) is 4.12. The number of ether oxygens (including phenoxy) is 3. The van der Waals surface area contributed by atoms with Crippen molar-refractivity contribution in [2.75, 3.05) is 19.5 Å². The number of nitrogens with zero attached hydrogens (tertiary/aromatic N) is 1. The molecule has 0 bridgehead atoms. The summed E-state index contributed by atoms with van der Waals surface area (Å²) in [6.07, 6.45) is 3.54. The van der Waals surface area contributed by atoms with Gasteiger partial charge in [0.15, 0.2) is 11.5 Å². The van der Waals surface area contributed by atoms with E-state index in [4.69, 9.17) is 14.2 Å². The van der Waals surface area contributed by atoms with Gasteiger partial charge in [0, 0.05) is 10.4 Å². The number of nitrogens with one attached hydrogen (secondary N) is 2. The average molecular weight is 550 g/mol. The first kappa shape index (κ1) is 27.8. The average Bonchev–Trinajstić information content (AvgIpc) is 3.32. The normalized spacial score (nSPS) is 12.8. The Kier molecular flexibility index (Phi) is 8.98. The van der Waals surface area contributed by atoms with Crippen LogP contribution >= 0.6 is 11.3 Å². The number of aryl methyl sites for hydroxylation is 2. The van der Waals surface area contributed by atoms with Crippen molar-refractivity contribution in [1.29, 1.82) is 0 Å². The molecule has 2 N–H and O–H groups in total. The summed E-state index contributed by atoms with van der Waals surface area (Å²) in [4.78, 5) is 38.6. The van der Waals surface area contributed by atoms with Gasteiger partial charge in [0.05, 0.1) is 25.5 Å². The van der Waals surface area contributed by atoms with Crippen molar-refractivity contribution in [3.8, 4) is 11.5 Å². The maximum Gasteiger partial charge on any atom is 0.341 e. The van der Waals surface area contributed by atoms with Gasteiger partial charge >= 0.3 is 17.8 Å². The number of carbonyl (C=O) groups excluding carboxylic acids is 3. The summed E-state index contributed by atoms with van der Waals surface area (Å²) in [5.41, 5.74) is 6.85. The van der Waals surface area contributed by atoms with Gasteiger partial charge in [-0.25, -0.2) is 10.2 Å². The summed E-state index contributed by atoms with van der Waals surface area (Å²) >= 11 is 1.31. The molecule has 1 heterocycles. The molecule has 0 spiro atoms. The number of hydrogen-bond donors (Lipinski definition) is 2. The number of anilines is 1. The van der Waals surface area contributed by atoms with Crippen molar-refractivity contribution in [3.63, 3.8) is 0 Å². The van der Waals surface area contributed by atoms with Gasteiger partial charge in [0.2, 0.25) is 0 Å². The molecule has 0 atom stereocenters. The monoisotopic (exact) mass is 549 g/mol. The fourth-order valence-electron chi connectivity index (χ4n) is 4.32. The molecular weight excluding hydrogens is 518 g/mol. The Bertz CT molecular complexity index is 1430. The molecule has 1 aliphatic rings. The molecule has 0 saturated carbocycles. The Morgan fingerprint density at radius 3 is 2.51 bits per heavy atom. The van der Waals surface area contributed by atoms with Crippen LogP contribution in [0.15, 0.2) is 47.6 Å². The van der Waals surface area contributed by atoms with E-state index in [1.807, 2.05) is 31.2 Å². The van der Waals surface area contributed by atoms with E-state index in [1.165, 1.54) is 18.4 Å². The lowest BCUT2D eigenvalue weighted by molar-refractivity contribution is -0.136. The van der Waals surface area contributed by atoms with Crippen molar-refractivity contribution in [2.24, 2.45) is 5.10 Å². The van der Waals surface area contributed by atoms with E-state index in [2.05, 4.69) is 15.8 Å². The maximum atomic E-state index is 12.6. The molecule has 204 valence electrons.